The number of amides is 1. The number of nitrogens with one attached hydrogen (secondary N) is 1. The SMILES string of the molecule is Cc1cncc(Oc2cccc(CN3CCC(C(=O)NCC4=C\C=C\C=C/C=C\4)C3)c2)n1. The van der Waals surface area contributed by atoms with Gasteiger partial charge >= 0.3 is 0 Å². The summed E-state index contributed by atoms with van der Waals surface area (Å²) in [5.41, 5.74) is 3.05. The number of rotatable bonds is 7. The maximum atomic E-state index is 12.7. The van der Waals surface area contributed by atoms with Crippen molar-refractivity contribution in [1.82, 2.24) is 20.2 Å². The zero-order chi connectivity index (χ0) is 22.2. The first-order valence-electron chi connectivity index (χ1n) is 10.9. The molecule has 1 aromatic heterocycles. The number of hydrogen-bond donors (Lipinski definition) is 1. The largest absolute Gasteiger partial charge is 0.437 e. The molecule has 6 heteroatoms. The molecule has 32 heavy (non-hydrogen) atoms. The second kappa shape index (κ2) is 10.7. The Kier molecular flexibility index (Phi) is 7.25. The quantitative estimate of drug-likeness (QED) is 0.718. The third-order valence-corrected chi connectivity index (χ3v) is 5.43. The van der Waals surface area contributed by atoms with Crippen LogP contribution in [0, 0.1) is 12.8 Å². The van der Waals surface area contributed by atoms with Crippen molar-refractivity contribution in [2.45, 2.75) is 19.9 Å². The lowest BCUT2D eigenvalue weighted by molar-refractivity contribution is -0.124. The Hall–Kier alpha value is -3.51. The van der Waals surface area contributed by atoms with E-state index >= 15 is 0 Å². The van der Waals surface area contributed by atoms with Crippen molar-refractivity contribution in [2.24, 2.45) is 5.92 Å². The lowest BCUT2D eigenvalue weighted by atomic mass is 10.1. The van der Waals surface area contributed by atoms with Gasteiger partial charge in [0, 0.05) is 25.8 Å². The highest BCUT2D eigenvalue weighted by Crippen LogP contribution is 2.23. The second-order valence-corrected chi connectivity index (χ2v) is 8.06. The fourth-order valence-electron chi connectivity index (χ4n) is 3.82. The molecule has 2 aliphatic rings. The summed E-state index contributed by atoms with van der Waals surface area (Å²) in [5, 5.41) is 3.09. The number of nitrogens with zero attached hydrogens (tertiary/aromatic N) is 3. The fraction of sp³-hybridized carbons (Fsp3) is 0.269. The maximum Gasteiger partial charge on any atom is 0.238 e. The van der Waals surface area contributed by atoms with Gasteiger partial charge in [0.1, 0.15) is 5.75 Å². The van der Waals surface area contributed by atoms with Gasteiger partial charge in [-0.25, -0.2) is 4.98 Å². The van der Waals surface area contributed by atoms with Crippen LogP contribution in [0.15, 0.2) is 84.8 Å². The normalized spacial score (nSPS) is 22.8. The summed E-state index contributed by atoms with van der Waals surface area (Å²) >= 11 is 0. The van der Waals surface area contributed by atoms with Gasteiger partial charge in [-0.05, 0) is 43.2 Å². The zero-order valence-electron chi connectivity index (χ0n) is 18.3. The topological polar surface area (TPSA) is 67.3 Å². The summed E-state index contributed by atoms with van der Waals surface area (Å²) in [6.45, 7) is 4.88. The number of hydrogen-bond acceptors (Lipinski definition) is 5. The zero-order valence-corrected chi connectivity index (χ0v) is 18.3. The van der Waals surface area contributed by atoms with Crippen LogP contribution in [0.2, 0.25) is 0 Å². The van der Waals surface area contributed by atoms with E-state index in [1.54, 1.807) is 12.4 Å². The van der Waals surface area contributed by atoms with Gasteiger partial charge in [0.2, 0.25) is 11.8 Å². The van der Waals surface area contributed by atoms with Crippen molar-refractivity contribution in [3.05, 3.63) is 96.0 Å². The summed E-state index contributed by atoms with van der Waals surface area (Å²) in [4.78, 5) is 23.4. The number of benzene rings is 1. The summed E-state index contributed by atoms with van der Waals surface area (Å²) in [6.07, 6.45) is 18.2. The van der Waals surface area contributed by atoms with Crippen LogP contribution in [-0.4, -0.2) is 40.4 Å². The van der Waals surface area contributed by atoms with E-state index in [1.807, 2.05) is 67.7 Å². The van der Waals surface area contributed by atoms with Crippen molar-refractivity contribution >= 4 is 5.91 Å². The van der Waals surface area contributed by atoms with Gasteiger partial charge in [-0.3, -0.25) is 14.7 Å². The molecule has 2 aromatic rings. The van der Waals surface area contributed by atoms with Crippen molar-refractivity contribution < 1.29 is 9.53 Å². The first kappa shape index (κ1) is 21.7. The third kappa shape index (κ3) is 6.25. The average molecular weight is 429 g/mol. The molecule has 1 amide bonds. The fourth-order valence-corrected chi connectivity index (χ4v) is 3.82. The standard InChI is InChI=1S/C26H28N4O2/c1-20-15-27-17-25(29-20)32-24-11-7-10-22(14-24)18-30-13-12-23(19-30)26(31)28-16-21-8-5-3-2-4-6-9-21/h2-11,14-15,17,23H,12-13,16,18-19H2,1H3,(H,28,31)/b3-2-,4-2?,5-3?,6-4+,8-5-,9-6?,21-8?,21-9-. The molecule has 0 bridgehead atoms. The summed E-state index contributed by atoms with van der Waals surface area (Å²) in [5.74, 6) is 1.37. The van der Waals surface area contributed by atoms with E-state index in [4.69, 9.17) is 4.74 Å². The summed E-state index contributed by atoms with van der Waals surface area (Å²) < 4.78 is 5.85. The molecule has 1 aliphatic carbocycles. The van der Waals surface area contributed by atoms with E-state index in [0.29, 0.717) is 12.4 Å². The molecule has 0 spiro atoms. The molecule has 1 unspecified atom stereocenters. The predicted molar refractivity (Wildman–Crippen MR) is 125 cm³/mol. The van der Waals surface area contributed by atoms with Crippen LogP contribution in [0.1, 0.15) is 17.7 Å². The smallest absolute Gasteiger partial charge is 0.238 e. The van der Waals surface area contributed by atoms with E-state index in [-0.39, 0.29) is 11.8 Å². The molecule has 1 N–H and O–H groups in total. The molecule has 1 aromatic carbocycles. The first-order chi connectivity index (χ1) is 15.7. The van der Waals surface area contributed by atoms with Crippen molar-refractivity contribution in [1.29, 1.82) is 0 Å². The molecule has 1 atom stereocenters. The number of aromatic nitrogens is 2. The Morgan fingerprint density at radius 1 is 1.19 bits per heavy atom. The molecule has 0 saturated carbocycles. The molecule has 6 nitrogen and oxygen atoms in total. The van der Waals surface area contributed by atoms with Crippen LogP contribution in [0.25, 0.3) is 0 Å². The molecule has 0 radical (unpaired) electrons. The van der Waals surface area contributed by atoms with Crippen LogP contribution < -0.4 is 10.1 Å². The van der Waals surface area contributed by atoms with Gasteiger partial charge < -0.3 is 10.1 Å². The Labute approximate surface area is 189 Å². The monoisotopic (exact) mass is 428 g/mol. The van der Waals surface area contributed by atoms with Gasteiger partial charge in [0.05, 0.1) is 17.8 Å². The highest BCUT2D eigenvalue weighted by Gasteiger charge is 2.28. The van der Waals surface area contributed by atoms with Gasteiger partial charge in [-0.1, -0.05) is 54.7 Å². The van der Waals surface area contributed by atoms with Crippen molar-refractivity contribution in [2.75, 3.05) is 19.6 Å². The van der Waals surface area contributed by atoms with E-state index in [9.17, 15) is 4.79 Å². The molecule has 164 valence electrons. The van der Waals surface area contributed by atoms with E-state index < -0.39 is 0 Å². The summed E-state index contributed by atoms with van der Waals surface area (Å²) in [6, 6.07) is 8.00. The van der Waals surface area contributed by atoms with Gasteiger partial charge in [-0.15, -0.1) is 0 Å². The van der Waals surface area contributed by atoms with Crippen molar-refractivity contribution in [3.8, 4) is 11.6 Å². The third-order valence-electron chi connectivity index (χ3n) is 5.43. The van der Waals surface area contributed by atoms with E-state index in [1.165, 1.54) is 0 Å². The molecular weight excluding hydrogens is 400 g/mol. The Bertz CT molecular complexity index is 1070. The number of ether oxygens (including phenoxy) is 1. The highest BCUT2D eigenvalue weighted by atomic mass is 16.5. The Balaban J connectivity index is 1.28. The average Bonchev–Trinajstić information content (AvgIpc) is 3.22. The van der Waals surface area contributed by atoms with Crippen LogP contribution >= 0.6 is 0 Å². The minimum atomic E-state index is 0.0191. The van der Waals surface area contributed by atoms with Crippen molar-refractivity contribution in [3.63, 3.8) is 0 Å². The van der Waals surface area contributed by atoms with Crippen LogP contribution in [0.4, 0.5) is 0 Å². The lowest BCUT2D eigenvalue weighted by Gasteiger charge is -2.17. The van der Waals surface area contributed by atoms with Gasteiger partial charge in [-0.2, -0.15) is 0 Å². The van der Waals surface area contributed by atoms with E-state index in [2.05, 4.69) is 26.3 Å². The van der Waals surface area contributed by atoms with Crippen LogP contribution in [-0.2, 0) is 11.3 Å². The molecule has 2 heterocycles. The summed E-state index contributed by atoms with van der Waals surface area (Å²) in [7, 11) is 0. The number of allylic oxidation sites excluding steroid dienone is 6. The second-order valence-electron chi connectivity index (χ2n) is 8.06. The minimum Gasteiger partial charge on any atom is -0.437 e. The molecule has 1 aliphatic heterocycles. The van der Waals surface area contributed by atoms with Crippen LogP contribution in [0.3, 0.4) is 0 Å². The minimum absolute atomic E-state index is 0.0191. The maximum absolute atomic E-state index is 12.7. The Morgan fingerprint density at radius 2 is 2.06 bits per heavy atom. The van der Waals surface area contributed by atoms with Gasteiger partial charge in [0.25, 0.3) is 0 Å². The van der Waals surface area contributed by atoms with Gasteiger partial charge in [0.15, 0.2) is 0 Å². The molecule has 1 saturated heterocycles. The van der Waals surface area contributed by atoms with E-state index in [0.717, 1.165) is 48.6 Å². The number of aryl methyl sites for hydroxylation is 1. The predicted octanol–water partition coefficient (Wildman–Crippen LogP) is 4.12. The number of carbonyl (C=O) groups is 1. The first-order valence-corrected chi connectivity index (χ1v) is 10.9. The number of carbonyl (C=O) groups excluding carboxylic acids is 1. The molecular formula is C26H28N4O2. The van der Waals surface area contributed by atoms with Crippen LogP contribution in [0.5, 0.6) is 11.6 Å². The lowest BCUT2D eigenvalue weighted by Crippen LogP contribution is -2.33. The Morgan fingerprint density at radius 3 is 2.97 bits per heavy atom. The number of likely N-dealkylation sites (tertiary alicyclic amines) is 1. The molecule has 4 rings (SSSR count). The highest BCUT2D eigenvalue weighted by molar-refractivity contribution is 5.79. The molecule has 1 fully saturated rings.